The molecule has 1 saturated carbocycles. The molecule has 0 saturated heterocycles. The lowest BCUT2D eigenvalue weighted by Gasteiger charge is -2.27. The van der Waals surface area contributed by atoms with Gasteiger partial charge in [-0.3, -0.25) is 0 Å². The van der Waals surface area contributed by atoms with Crippen LogP contribution in [0.1, 0.15) is 64.1 Å². The molecule has 0 amide bonds. The highest BCUT2D eigenvalue weighted by molar-refractivity contribution is 7.90. The van der Waals surface area contributed by atoms with Crippen LogP contribution < -0.4 is 4.72 Å². The molecular weight excluding hydrogens is 463 g/mol. The van der Waals surface area contributed by atoms with E-state index in [0.29, 0.717) is 25.0 Å². The minimum absolute atomic E-state index is 0.0145. The molecule has 2 aromatic heterocycles. The van der Waals surface area contributed by atoms with E-state index in [-0.39, 0.29) is 21.9 Å². The maximum atomic E-state index is 13.6. The fraction of sp³-hybridized carbons (Fsp3) is 0.480. The minimum atomic E-state index is -4.50. The van der Waals surface area contributed by atoms with Gasteiger partial charge >= 0.3 is 6.18 Å². The highest BCUT2D eigenvalue weighted by Gasteiger charge is 2.35. The third kappa shape index (κ3) is 5.00. The van der Waals surface area contributed by atoms with Crippen LogP contribution in [0, 0.1) is 5.41 Å². The molecule has 1 atom stereocenters. The van der Waals surface area contributed by atoms with Gasteiger partial charge in [0.15, 0.2) is 0 Å². The van der Waals surface area contributed by atoms with Crippen LogP contribution in [0.3, 0.4) is 0 Å². The van der Waals surface area contributed by atoms with Gasteiger partial charge < -0.3 is 4.57 Å². The van der Waals surface area contributed by atoms with Crippen molar-refractivity contribution in [3.05, 3.63) is 53.7 Å². The number of hydrogen-bond donors (Lipinski definition) is 1. The van der Waals surface area contributed by atoms with Gasteiger partial charge in [-0.05, 0) is 48.9 Å². The average molecular weight is 494 g/mol. The second kappa shape index (κ2) is 8.68. The number of nitrogens with one attached hydrogen (secondary N) is 1. The zero-order chi connectivity index (χ0) is 24.9. The molecule has 1 aliphatic rings. The molecule has 184 valence electrons. The standard InChI is InChI=1S/C25H30F3N3O2S/c1-16(30-34(32,33)17-8-7-9-17)20-14-31(15-24(2,3)4)23-18(20)12-13-22(29-23)19-10-5-6-11-21(19)25(26,27)28/h5-6,10-14,16-17,30H,7-9,15H2,1-4H3/t16-/m1/s1. The number of nitrogens with zero attached hydrogens (tertiary/aromatic N) is 2. The smallest absolute Gasteiger partial charge is 0.332 e. The molecule has 0 unspecified atom stereocenters. The van der Waals surface area contributed by atoms with Gasteiger partial charge in [0.1, 0.15) is 5.65 Å². The van der Waals surface area contributed by atoms with E-state index in [9.17, 15) is 21.6 Å². The van der Waals surface area contributed by atoms with Crippen LogP contribution in [0.5, 0.6) is 0 Å². The van der Waals surface area contributed by atoms with E-state index in [1.54, 1.807) is 25.1 Å². The second-order valence-corrected chi connectivity index (χ2v) is 12.3. The van der Waals surface area contributed by atoms with E-state index < -0.39 is 27.8 Å². The van der Waals surface area contributed by atoms with E-state index in [1.165, 1.54) is 12.1 Å². The SMILES string of the molecule is C[C@@H](NS(=O)(=O)C1CCC1)c1cn(CC(C)(C)C)c2nc(-c3ccccc3C(F)(F)F)ccc12. The first-order valence-corrected chi connectivity index (χ1v) is 13.0. The van der Waals surface area contributed by atoms with E-state index in [2.05, 4.69) is 30.5 Å². The van der Waals surface area contributed by atoms with Crippen LogP contribution in [0.4, 0.5) is 13.2 Å². The Morgan fingerprint density at radius 1 is 1.12 bits per heavy atom. The predicted molar refractivity (Wildman–Crippen MR) is 128 cm³/mol. The van der Waals surface area contributed by atoms with Crippen molar-refractivity contribution in [2.24, 2.45) is 5.41 Å². The number of alkyl halides is 3. The lowest BCUT2D eigenvalue weighted by atomic mass is 9.97. The Hall–Kier alpha value is -2.39. The molecule has 0 aliphatic heterocycles. The summed E-state index contributed by atoms with van der Waals surface area (Å²) in [6.07, 6.45) is -0.387. The number of rotatable bonds is 6. The maximum Gasteiger partial charge on any atom is 0.417 e. The van der Waals surface area contributed by atoms with Crippen molar-refractivity contribution >= 4 is 21.1 Å². The van der Waals surface area contributed by atoms with Gasteiger partial charge in [-0.1, -0.05) is 45.4 Å². The first-order valence-electron chi connectivity index (χ1n) is 11.4. The topological polar surface area (TPSA) is 64.0 Å². The summed E-state index contributed by atoms with van der Waals surface area (Å²) in [5.74, 6) is 0. The summed E-state index contributed by atoms with van der Waals surface area (Å²) >= 11 is 0. The average Bonchev–Trinajstić information content (AvgIpc) is 3.01. The van der Waals surface area contributed by atoms with Crippen LogP contribution in [-0.2, 0) is 22.7 Å². The first kappa shape index (κ1) is 24.7. The van der Waals surface area contributed by atoms with Crippen LogP contribution in [0.2, 0.25) is 0 Å². The van der Waals surface area contributed by atoms with Gasteiger partial charge in [0, 0.05) is 29.7 Å². The summed E-state index contributed by atoms with van der Waals surface area (Å²) in [5.41, 5.74) is 0.667. The molecule has 3 aromatic rings. The van der Waals surface area contributed by atoms with E-state index in [1.807, 2.05) is 10.8 Å². The van der Waals surface area contributed by atoms with Crippen molar-refractivity contribution in [1.82, 2.24) is 14.3 Å². The Balaban J connectivity index is 1.81. The molecule has 9 heteroatoms. The lowest BCUT2D eigenvalue weighted by molar-refractivity contribution is -0.137. The fourth-order valence-electron chi connectivity index (χ4n) is 4.36. The third-order valence-electron chi connectivity index (χ3n) is 6.20. The summed E-state index contributed by atoms with van der Waals surface area (Å²) in [6.45, 7) is 8.54. The number of pyridine rings is 1. The first-order chi connectivity index (χ1) is 15.8. The normalized spacial score (nSPS) is 16.6. The Labute approximate surface area is 198 Å². The minimum Gasteiger partial charge on any atom is -0.332 e. The molecule has 0 spiro atoms. The molecule has 4 rings (SSSR count). The summed E-state index contributed by atoms with van der Waals surface area (Å²) in [6, 6.07) is 8.22. The lowest BCUT2D eigenvalue weighted by Crippen LogP contribution is -2.39. The van der Waals surface area contributed by atoms with Gasteiger partial charge in [0.2, 0.25) is 10.0 Å². The second-order valence-electron chi connectivity index (χ2n) is 10.3. The number of sulfonamides is 1. The van der Waals surface area contributed by atoms with Crippen LogP contribution in [0.15, 0.2) is 42.6 Å². The molecular formula is C25H30F3N3O2S. The zero-order valence-electron chi connectivity index (χ0n) is 19.8. The molecule has 34 heavy (non-hydrogen) atoms. The summed E-state index contributed by atoms with van der Waals surface area (Å²) in [7, 11) is -3.44. The molecule has 0 bridgehead atoms. The van der Waals surface area contributed by atoms with Gasteiger partial charge in [0.25, 0.3) is 0 Å². The van der Waals surface area contributed by atoms with Crippen LogP contribution in [0.25, 0.3) is 22.3 Å². The van der Waals surface area contributed by atoms with Crippen molar-refractivity contribution in [3.8, 4) is 11.3 Å². The Bertz CT molecular complexity index is 1300. The Morgan fingerprint density at radius 2 is 1.79 bits per heavy atom. The van der Waals surface area contributed by atoms with Crippen molar-refractivity contribution < 1.29 is 21.6 Å². The molecule has 1 fully saturated rings. The predicted octanol–water partition coefficient (Wildman–Crippen LogP) is 6.30. The number of fused-ring (bicyclic) bond motifs is 1. The molecule has 1 N–H and O–H groups in total. The van der Waals surface area contributed by atoms with Gasteiger partial charge in [-0.15, -0.1) is 0 Å². The van der Waals surface area contributed by atoms with Crippen LogP contribution in [-0.4, -0.2) is 23.2 Å². The summed E-state index contributed by atoms with van der Waals surface area (Å²) in [5, 5.41) is 0.364. The van der Waals surface area contributed by atoms with E-state index in [0.717, 1.165) is 23.4 Å². The van der Waals surface area contributed by atoms with Gasteiger partial charge in [-0.25, -0.2) is 18.1 Å². The van der Waals surface area contributed by atoms with Crippen LogP contribution >= 0.6 is 0 Å². The molecule has 2 heterocycles. The Morgan fingerprint density at radius 3 is 2.38 bits per heavy atom. The summed E-state index contributed by atoms with van der Waals surface area (Å²) < 4.78 is 71.0. The number of halogens is 3. The number of hydrogen-bond acceptors (Lipinski definition) is 3. The van der Waals surface area contributed by atoms with Gasteiger partial charge in [-0.2, -0.15) is 13.2 Å². The largest absolute Gasteiger partial charge is 0.417 e. The van der Waals surface area contributed by atoms with Crippen molar-refractivity contribution in [3.63, 3.8) is 0 Å². The number of aromatic nitrogens is 2. The fourth-order valence-corrected chi connectivity index (χ4v) is 6.12. The van der Waals surface area contributed by atoms with Crippen molar-refractivity contribution in [2.75, 3.05) is 0 Å². The van der Waals surface area contributed by atoms with Crippen molar-refractivity contribution in [2.45, 2.75) is 71.0 Å². The number of benzene rings is 1. The Kier molecular flexibility index (Phi) is 6.31. The molecule has 5 nitrogen and oxygen atoms in total. The monoisotopic (exact) mass is 493 g/mol. The van der Waals surface area contributed by atoms with Crippen molar-refractivity contribution in [1.29, 1.82) is 0 Å². The quantitative estimate of drug-likeness (QED) is 0.438. The summed E-state index contributed by atoms with van der Waals surface area (Å²) in [4.78, 5) is 4.65. The molecule has 0 radical (unpaired) electrons. The maximum absolute atomic E-state index is 13.6. The highest BCUT2D eigenvalue weighted by atomic mass is 32.2. The van der Waals surface area contributed by atoms with E-state index >= 15 is 0 Å². The molecule has 1 aromatic carbocycles. The zero-order valence-corrected chi connectivity index (χ0v) is 20.6. The highest BCUT2D eigenvalue weighted by Crippen LogP contribution is 2.38. The molecule has 1 aliphatic carbocycles. The van der Waals surface area contributed by atoms with Gasteiger partial charge in [0.05, 0.1) is 16.5 Å². The third-order valence-corrected chi connectivity index (χ3v) is 8.24. The van der Waals surface area contributed by atoms with E-state index in [4.69, 9.17) is 0 Å².